The lowest BCUT2D eigenvalue weighted by Crippen LogP contribution is -2.36. The summed E-state index contributed by atoms with van der Waals surface area (Å²) in [7, 11) is 0. The number of anilines is 3. The number of furan rings is 1. The average Bonchev–Trinajstić information content (AvgIpc) is 3.17. The summed E-state index contributed by atoms with van der Waals surface area (Å²) in [4.78, 5) is 9.04. The highest BCUT2D eigenvalue weighted by Gasteiger charge is 2.39. The van der Waals surface area contributed by atoms with Crippen molar-refractivity contribution in [2.75, 3.05) is 9.80 Å². The molecule has 0 aliphatic carbocycles. The van der Waals surface area contributed by atoms with Crippen LogP contribution in [0.1, 0.15) is 19.4 Å². The van der Waals surface area contributed by atoms with Crippen LogP contribution in [0.4, 0.5) is 17.2 Å². The number of hydrogen-bond acceptors (Lipinski definition) is 4. The number of rotatable bonds is 2. The van der Waals surface area contributed by atoms with Crippen LogP contribution in [0, 0.1) is 20.0 Å². The Morgan fingerprint density at radius 2 is 1.81 bits per heavy atom. The highest BCUT2D eigenvalue weighted by atomic mass is 16.3. The molecule has 3 heterocycles. The van der Waals surface area contributed by atoms with Gasteiger partial charge in [-0.15, -0.1) is 0 Å². The molecule has 0 amide bonds. The Morgan fingerprint density at radius 3 is 2.63 bits per heavy atom. The van der Waals surface area contributed by atoms with Crippen molar-refractivity contribution in [2.24, 2.45) is 0 Å². The first kappa shape index (κ1) is 16.2. The third-order valence-electron chi connectivity index (χ3n) is 5.24. The molecule has 2 aromatic heterocycles. The van der Waals surface area contributed by atoms with E-state index in [1.807, 2.05) is 30.5 Å². The number of hydrogen-bond donors (Lipinski definition) is 0. The SMILES string of the molecule is [CH2][C]1N(c2c(C)ccc3c2oc2ccccc23)c2ncccc2N1C(C)C. The third kappa shape index (κ3) is 2.19. The van der Waals surface area contributed by atoms with E-state index in [0.29, 0.717) is 0 Å². The number of aromatic nitrogens is 1. The minimum atomic E-state index is 0.278. The maximum Gasteiger partial charge on any atom is 0.162 e. The maximum atomic E-state index is 6.31. The molecule has 5 rings (SSSR count). The molecule has 0 saturated carbocycles. The lowest BCUT2D eigenvalue weighted by Gasteiger charge is -2.31. The van der Waals surface area contributed by atoms with Gasteiger partial charge in [-0.1, -0.05) is 30.3 Å². The van der Waals surface area contributed by atoms with E-state index >= 15 is 0 Å². The van der Waals surface area contributed by atoms with E-state index in [0.717, 1.165) is 50.9 Å². The molecule has 0 N–H and O–H groups in total. The van der Waals surface area contributed by atoms with Gasteiger partial charge in [0, 0.05) is 23.0 Å². The molecule has 134 valence electrons. The van der Waals surface area contributed by atoms with Gasteiger partial charge in [0.05, 0.1) is 11.4 Å². The molecule has 4 nitrogen and oxygen atoms in total. The van der Waals surface area contributed by atoms with Gasteiger partial charge >= 0.3 is 0 Å². The summed E-state index contributed by atoms with van der Waals surface area (Å²) >= 11 is 0. The van der Waals surface area contributed by atoms with Crippen molar-refractivity contribution in [3.63, 3.8) is 0 Å². The number of benzene rings is 2. The molecule has 1 aliphatic heterocycles. The summed E-state index contributed by atoms with van der Waals surface area (Å²) in [6, 6.07) is 16.8. The number of para-hydroxylation sites is 1. The Kier molecular flexibility index (Phi) is 3.44. The average molecular weight is 355 g/mol. The Labute approximate surface area is 159 Å². The highest BCUT2D eigenvalue weighted by Crippen LogP contribution is 2.50. The van der Waals surface area contributed by atoms with Gasteiger partial charge in [-0.25, -0.2) is 4.98 Å². The second kappa shape index (κ2) is 5.74. The van der Waals surface area contributed by atoms with Crippen LogP contribution in [0.15, 0.2) is 59.1 Å². The molecule has 0 fully saturated rings. The summed E-state index contributed by atoms with van der Waals surface area (Å²) in [6.07, 6.45) is 2.73. The first-order valence-corrected chi connectivity index (χ1v) is 9.22. The van der Waals surface area contributed by atoms with Crippen LogP contribution in [-0.2, 0) is 0 Å². The highest BCUT2D eigenvalue weighted by molar-refractivity contribution is 6.11. The molecule has 0 unspecified atom stereocenters. The van der Waals surface area contributed by atoms with Gasteiger partial charge in [-0.05, 0) is 51.5 Å². The fraction of sp³-hybridized carbons (Fsp3) is 0.174. The predicted octanol–water partition coefficient (Wildman–Crippen LogP) is 5.98. The van der Waals surface area contributed by atoms with Crippen molar-refractivity contribution in [1.29, 1.82) is 0 Å². The zero-order valence-corrected chi connectivity index (χ0v) is 15.7. The first-order valence-electron chi connectivity index (χ1n) is 9.22. The van der Waals surface area contributed by atoms with E-state index in [9.17, 15) is 0 Å². The molecule has 2 aromatic carbocycles. The van der Waals surface area contributed by atoms with Gasteiger partial charge in [-0.3, -0.25) is 4.90 Å². The second-order valence-electron chi connectivity index (χ2n) is 7.27. The summed E-state index contributed by atoms with van der Waals surface area (Å²) < 4.78 is 6.31. The molecule has 2 radical (unpaired) electrons. The predicted molar refractivity (Wildman–Crippen MR) is 111 cm³/mol. The van der Waals surface area contributed by atoms with Crippen LogP contribution in [0.5, 0.6) is 0 Å². The summed E-state index contributed by atoms with van der Waals surface area (Å²) in [6.45, 7) is 10.8. The van der Waals surface area contributed by atoms with Crippen LogP contribution in [-0.4, -0.2) is 11.0 Å². The van der Waals surface area contributed by atoms with Crippen LogP contribution < -0.4 is 9.80 Å². The van der Waals surface area contributed by atoms with Crippen molar-refractivity contribution in [2.45, 2.75) is 26.8 Å². The Balaban J connectivity index is 1.82. The van der Waals surface area contributed by atoms with Crippen LogP contribution >= 0.6 is 0 Å². The summed E-state index contributed by atoms with van der Waals surface area (Å²) in [5, 5.41) is 2.24. The van der Waals surface area contributed by atoms with Gasteiger partial charge in [0.1, 0.15) is 5.58 Å². The maximum absolute atomic E-state index is 6.31. The van der Waals surface area contributed by atoms with Crippen molar-refractivity contribution in [3.05, 3.63) is 73.4 Å². The zero-order chi connectivity index (χ0) is 18.7. The lowest BCUT2D eigenvalue weighted by atomic mass is 10.1. The molecule has 1 aliphatic rings. The Hall–Kier alpha value is -3.01. The Morgan fingerprint density at radius 1 is 1.00 bits per heavy atom. The molecule has 4 aromatic rings. The van der Waals surface area contributed by atoms with E-state index in [1.165, 1.54) is 0 Å². The lowest BCUT2D eigenvalue weighted by molar-refractivity contribution is 0.665. The monoisotopic (exact) mass is 355 g/mol. The fourth-order valence-electron chi connectivity index (χ4n) is 4.08. The van der Waals surface area contributed by atoms with E-state index in [4.69, 9.17) is 4.42 Å². The van der Waals surface area contributed by atoms with Gasteiger partial charge in [0.25, 0.3) is 0 Å². The van der Waals surface area contributed by atoms with Gasteiger partial charge < -0.3 is 9.32 Å². The number of aryl methyl sites for hydroxylation is 1. The van der Waals surface area contributed by atoms with Crippen molar-refractivity contribution < 1.29 is 4.42 Å². The molecule has 27 heavy (non-hydrogen) atoms. The minimum absolute atomic E-state index is 0.278. The second-order valence-corrected chi connectivity index (χ2v) is 7.27. The van der Waals surface area contributed by atoms with Gasteiger partial charge in [0.2, 0.25) is 0 Å². The fourth-order valence-corrected chi connectivity index (χ4v) is 4.08. The largest absolute Gasteiger partial charge is 0.454 e. The van der Waals surface area contributed by atoms with Crippen molar-refractivity contribution in [3.8, 4) is 0 Å². The minimum Gasteiger partial charge on any atom is -0.454 e. The van der Waals surface area contributed by atoms with E-state index in [2.05, 4.69) is 66.7 Å². The normalized spacial score (nSPS) is 14.7. The standard InChI is InChI=1S/C23H21N3O/c1-14(2)25-16(4)26(23-19(25)9-7-13-24-23)21-15(3)11-12-18-17-8-5-6-10-20(17)27-22(18)21/h5-14H,4H2,1-3H3. The summed E-state index contributed by atoms with van der Waals surface area (Å²) in [5.74, 6) is 0.896. The van der Waals surface area contributed by atoms with Crippen molar-refractivity contribution in [1.82, 2.24) is 4.98 Å². The number of nitrogens with zero attached hydrogens (tertiary/aromatic N) is 3. The molecule has 4 heteroatoms. The summed E-state index contributed by atoms with van der Waals surface area (Å²) in [5.41, 5.74) is 4.98. The number of fused-ring (bicyclic) bond motifs is 4. The van der Waals surface area contributed by atoms with Crippen LogP contribution in [0.3, 0.4) is 0 Å². The zero-order valence-electron chi connectivity index (χ0n) is 15.7. The quantitative estimate of drug-likeness (QED) is 0.443. The van der Waals surface area contributed by atoms with E-state index in [-0.39, 0.29) is 6.04 Å². The van der Waals surface area contributed by atoms with E-state index in [1.54, 1.807) is 0 Å². The van der Waals surface area contributed by atoms with Crippen LogP contribution in [0.25, 0.3) is 21.9 Å². The molecular formula is C23H21N3O. The van der Waals surface area contributed by atoms with Crippen LogP contribution in [0.2, 0.25) is 0 Å². The first-order chi connectivity index (χ1) is 13.1. The smallest absolute Gasteiger partial charge is 0.162 e. The molecule has 0 atom stereocenters. The molecule has 0 spiro atoms. The topological polar surface area (TPSA) is 32.5 Å². The third-order valence-corrected chi connectivity index (χ3v) is 5.24. The Bertz CT molecular complexity index is 1160. The molecule has 0 bridgehead atoms. The van der Waals surface area contributed by atoms with Gasteiger partial charge in [-0.2, -0.15) is 0 Å². The van der Waals surface area contributed by atoms with E-state index < -0.39 is 0 Å². The number of pyridine rings is 1. The molecular weight excluding hydrogens is 334 g/mol. The van der Waals surface area contributed by atoms with Gasteiger partial charge in [0.15, 0.2) is 17.6 Å². The van der Waals surface area contributed by atoms with Crippen molar-refractivity contribution >= 4 is 39.1 Å². The molecule has 0 saturated heterocycles.